The van der Waals surface area contributed by atoms with Gasteiger partial charge < -0.3 is 21.1 Å². The maximum absolute atomic E-state index is 13.9. The molecule has 3 aromatic rings. The first-order chi connectivity index (χ1) is 15.0. The Kier molecular flexibility index (Phi) is 6.35. The number of rotatable bonds is 7. The van der Waals surface area contributed by atoms with Crippen LogP contribution >= 0.6 is 11.3 Å². The van der Waals surface area contributed by atoms with E-state index in [0.29, 0.717) is 5.56 Å². The van der Waals surface area contributed by atoms with Crippen molar-refractivity contribution in [2.24, 2.45) is 5.73 Å². The number of alkyl halides is 3. The van der Waals surface area contributed by atoms with E-state index in [0.717, 1.165) is 34.4 Å². The third-order valence-electron chi connectivity index (χ3n) is 4.31. The molecular formula is C20H16F4N4O3S. The fourth-order valence-electron chi connectivity index (χ4n) is 2.78. The van der Waals surface area contributed by atoms with Crippen molar-refractivity contribution in [1.82, 2.24) is 4.98 Å². The Labute approximate surface area is 183 Å². The number of anilines is 3. The van der Waals surface area contributed by atoms with Gasteiger partial charge in [-0.15, -0.1) is 13.2 Å². The summed E-state index contributed by atoms with van der Waals surface area (Å²) in [7, 11) is 0. The van der Waals surface area contributed by atoms with Gasteiger partial charge in [0.1, 0.15) is 16.7 Å². The van der Waals surface area contributed by atoms with Gasteiger partial charge in [-0.2, -0.15) is 0 Å². The van der Waals surface area contributed by atoms with Crippen molar-refractivity contribution in [2.45, 2.75) is 19.3 Å². The summed E-state index contributed by atoms with van der Waals surface area (Å²) in [5, 5.41) is -0.00218. The van der Waals surface area contributed by atoms with Gasteiger partial charge in [0.15, 0.2) is 16.7 Å². The molecule has 1 amide bonds. The number of halogens is 4. The van der Waals surface area contributed by atoms with Gasteiger partial charge in [0.25, 0.3) is 0 Å². The molecule has 0 aliphatic heterocycles. The highest BCUT2D eigenvalue weighted by Gasteiger charge is 2.34. The first-order valence-electron chi connectivity index (χ1n) is 8.98. The molecule has 0 radical (unpaired) electrons. The zero-order valence-corrected chi connectivity index (χ0v) is 17.2. The van der Waals surface area contributed by atoms with Crippen LogP contribution in [0.1, 0.15) is 22.2 Å². The number of thiazole rings is 1. The molecule has 7 nitrogen and oxygen atoms in total. The van der Waals surface area contributed by atoms with Crippen molar-refractivity contribution < 1.29 is 31.9 Å². The van der Waals surface area contributed by atoms with Crippen LogP contribution in [-0.4, -0.2) is 29.1 Å². The molecule has 3 rings (SSSR count). The molecule has 0 saturated heterocycles. The lowest BCUT2D eigenvalue weighted by molar-refractivity contribution is -0.275. The summed E-state index contributed by atoms with van der Waals surface area (Å²) < 4.78 is 55.5. The van der Waals surface area contributed by atoms with Gasteiger partial charge >= 0.3 is 6.36 Å². The Balaban J connectivity index is 2.08. The molecule has 0 aliphatic rings. The molecule has 4 N–H and O–H groups in total. The Bertz CT molecular complexity index is 1150. The number of ketones is 1. The molecule has 168 valence electrons. The lowest BCUT2D eigenvalue weighted by atomic mass is 10.1. The summed E-state index contributed by atoms with van der Waals surface area (Å²) in [5.74, 6) is -3.80. The van der Waals surface area contributed by atoms with Crippen LogP contribution in [-0.2, 0) is 4.79 Å². The van der Waals surface area contributed by atoms with Gasteiger partial charge in [-0.1, -0.05) is 41.7 Å². The minimum atomic E-state index is -5.14. The van der Waals surface area contributed by atoms with Crippen molar-refractivity contribution in [3.63, 3.8) is 0 Å². The number of nitrogens with two attached hydrogens (primary N) is 2. The van der Waals surface area contributed by atoms with E-state index in [1.165, 1.54) is 6.92 Å². The number of aromatic nitrogens is 1. The highest BCUT2D eigenvalue weighted by molar-refractivity contribution is 7.18. The first-order valence-corrected chi connectivity index (χ1v) is 9.79. The fraction of sp³-hybridized carbons (Fsp3) is 0.150. The second-order valence-corrected chi connectivity index (χ2v) is 7.49. The van der Waals surface area contributed by atoms with Crippen molar-refractivity contribution in [1.29, 1.82) is 0 Å². The van der Waals surface area contributed by atoms with Crippen LogP contribution < -0.4 is 21.1 Å². The number of hydrogen-bond acceptors (Lipinski definition) is 7. The summed E-state index contributed by atoms with van der Waals surface area (Å²) in [5.41, 5.74) is 11.6. The number of nitrogens with zero attached hydrogens (tertiary/aromatic N) is 2. The number of benzene rings is 2. The van der Waals surface area contributed by atoms with Gasteiger partial charge in [0.05, 0.1) is 0 Å². The second-order valence-electron chi connectivity index (χ2n) is 6.52. The second kappa shape index (κ2) is 8.83. The van der Waals surface area contributed by atoms with Crippen molar-refractivity contribution in [3.8, 4) is 5.75 Å². The highest BCUT2D eigenvalue weighted by Crippen LogP contribution is 2.38. The van der Waals surface area contributed by atoms with Gasteiger partial charge in [0.2, 0.25) is 11.7 Å². The van der Waals surface area contributed by atoms with Crippen LogP contribution in [0.15, 0.2) is 48.5 Å². The van der Waals surface area contributed by atoms with Crippen LogP contribution in [0.25, 0.3) is 0 Å². The number of hydrogen-bond donors (Lipinski definition) is 2. The molecule has 2 aromatic carbocycles. The fourth-order valence-corrected chi connectivity index (χ4v) is 3.83. The third kappa shape index (κ3) is 4.97. The summed E-state index contributed by atoms with van der Waals surface area (Å²) in [6.07, 6.45) is -5.14. The standard InChI is InChI=1S/C20H16F4N4O3S/c1-10(18(26)30)28(12-7-8-13(21)14(9-12)31-20(22,23)24)19-27-17(25)16(32-19)15(29)11-5-3-2-4-6-11/h2-10H,25H2,1H3,(H2,26,30). The van der Waals surface area contributed by atoms with Crippen molar-refractivity contribution in [2.75, 3.05) is 10.6 Å². The van der Waals surface area contributed by atoms with E-state index >= 15 is 0 Å². The molecule has 1 atom stereocenters. The minimum absolute atomic E-state index is 0.00218. The van der Waals surface area contributed by atoms with E-state index in [2.05, 4.69) is 9.72 Å². The van der Waals surface area contributed by atoms with E-state index in [1.54, 1.807) is 30.3 Å². The van der Waals surface area contributed by atoms with E-state index in [1.807, 2.05) is 0 Å². The van der Waals surface area contributed by atoms with E-state index in [4.69, 9.17) is 11.5 Å². The number of amides is 1. The van der Waals surface area contributed by atoms with E-state index in [-0.39, 0.29) is 21.5 Å². The zero-order chi connectivity index (χ0) is 23.6. The predicted molar refractivity (Wildman–Crippen MR) is 110 cm³/mol. The number of carbonyl (C=O) groups excluding carboxylic acids is 2. The zero-order valence-electron chi connectivity index (χ0n) is 16.4. The maximum atomic E-state index is 13.9. The molecular weight excluding hydrogens is 452 g/mol. The van der Waals surface area contributed by atoms with Crippen LogP contribution in [0.5, 0.6) is 5.75 Å². The van der Waals surface area contributed by atoms with Crippen LogP contribution in [0, 0.1) is 5.82 Å². The van der Waals surface area contributed by atoms with Crippen molar-refractivity contribution in [3.05, 3.63) is 64.8 Å². The molecule has 1 heterocycles. The smallest absolute Gasteiger partial charge is 0.403 e. The summed E-state index contributed by atoms with van der Waals surface area (Å²) in [6, 6.07) is 9.67. The van der Waals surface area contributed by atoms with E-state index in [9.17, 15) is 27.2 Å². The quantitative estimate of drug-likeness (QED) is 0.400. The Morgan fingerprint density at radius 2 is 1.81 bits per heavy atom. The maximum Gasteiger partial charge on any atom is 0.573 e. The van der Waals surface area contributed by atoms with Crippen LogP contribution in [0.3, 0.4) is 0 Å². The van der Waals surface area contributed by atoms with E-state index < -0.39 is 35.7 Å². The lowest BCUT2D eigenvalue weighted by Gasteiger charge is -2.27. The van der Waals surface area contributed by atoms with Crippen LogP contribution in [0.2, 0.25) is 0 Å². The monoisotopic (exact) mass is 468 g/mol. The molecule has 0 bridgehead atoms. The molecule has 12 heteroatoms. The average molecular weight is 468 g/mol. The average Bonchev–Trinajstić information content (AvgIpc) is 3.10. The molecule has 0 fully saturated rings. The summed E-state index contributed by atoms with van der Waals surface area (Å²) >= 11 is 0.810. The Hall–Kier alpha value is -3.67. The SMILES string of the molecule is CC(C(N)=O)N(c1ccc(F)c(OC(F)(F)F)c1)c1nc(N)c(C(=O)c2ccccc2)s1. The molecule has 1 aromatic heterocycles. The number of nitrogen functional groups attached to an aromatic ring is 1. The van der Waals surface area contributed by atoms with Gasteiger partial charge in [0, 0.05) is 17.3 Å². The van der Waals surface area contributed by atoms with Gasteiger partial charge in [-0.25, -0.2) is 9.37 Å². The molecule has 0 spiro atoms. The number of primary amides is 1. The van der Waals surface area contributed by atoms with Gasteiger partial charge in [-0.3, -0.25) is 9.59 Å². The molecule has 32 heavy (non-hydrogen) atoms. The van der Waals surface area contributed by atoms with Gasteiger partial charge in [-0.05, 0) is 19.1 Å². The largest absolute Gasteiger partial charge is 0.573 e. The Morgan fingerprint density at radius 3 is 2.41 bits per heavy atom. The Morgan fingerprint density at radius 1 is 1.16 bits per heavy atom. The number of ether oxygens (including phenoxy) is 1. The highest BCUT2D eigenvalue weighted by atomic mass is 32.1. The third-order valence-corrected chi connectivity index (χ3v) is 5.38. The number of carbonyl (C=O) groups is 2. The van der Waals surface area contributed by atoms with Crippen molar-refractivity contribution >= 4 is 39.7 Å². The topological polar surface area (TPSA) is 112 Å². The lowest BCUT2D eigenvalue weighted by Crippen LogP contribution is -2.40. The predicted octanol–water partition coefficient (Wildman–Crippen LogP) is 4.01. The summed E-state index contributed by atoms with van der Waals surface area (Å²) in [6.45, 7) is 1.37. The summed E-state index contributed by atoms with van der Waals surface area (Å²) in [4.78, 5) is 30.0. The first kappa shape index (κ1) is 23.0. The molecule has 1 unspecified atom stereocenters. The normalized spacial score (nSPS) is 12.3. The molecule has 0 aliphatic carbocycles. The molecule has 0 saturated carbocycles. The minimum Gasteiger partial charge on any atom is -0.403 e. The van der Waals surface area contributed by atoms with Crippen LogP contribution in [0.4, 0.5) is 34.2 Å².